The number of rotatable bonds is 6. The molecule has 0 bridgehead atoms. The van der Waals surface area contributed by atoms with Gasteiger partial charge in [-0.15, -0.1) is 0 Å². The van der Waals surface area contributed by atoms with E-state index in [1.54, 1.807) is 0 Å². The zero-order valence-corrected chi connectivity index (χ0v) is 17.7. The molecule has 3 aliphatic carbocycles. The largest absolute Gasteiger partial charge is 0.480 e. The maximum absolute atomic E-state index is 12.9. The highest BCUT2D eigenvalue weighted by atomic mass is 16.5. The number of ether oxygens (including phenoxy) is 1. The second-order valence-corrected chi connectivity index (χ2v) is 9.08. The molecule has 3 aliphatic rings. The minimum absolute atomic E-state index is 0.0640. The van der Waals surface area contributed by atoms with Crippen molar-refractivity contribution in [2.24, 2.45) is 0 Å². The van der Waals surface area contributed by atoms with E-state index in [0.29, 0.717) is 25.7 Å². The van der Waals surface area contributed by atoms with Crippen LogP contribution in [0.2, 0.25) is 0 Å². The van der Waals surface area contributed by atoms with Gasteiger partial charge in [-0.2, -0.15) is 0 Å². The Labute approximate surface area is 186 Å². The highest BCUT2D eigenvalue weighted by Gasteiger charge is 2.55. The average Bonchev–Trinajstić information content (AvgIpc) is 3.28. The summed E-state index contributed by atoms with van der Waals surface area (Å²) >= 11 is 0. The van der Waals surface area contributed by atoms with Gasteiger partial charge < -0.3 is 20.5 Å². The fourth-order valence-corrected chi connectivity index (χ4v) is 5.07. The number of amides is 2. The number of alkyl carbamates (subject to hydrolysis) is 1. The Morgan fingerprint density at radius 1 is 0.844 bits per heavy atom. The van der Waals surface area contributed by atoms with Crippen molar-refractivity contribution in [2.45, 2.75) is 55.5 Å². The third kappa shape index (κ3) is 3.42. The molecule has 7 nitrogen and oxygen atoms in total. The van der Waals surface area contributed by atoms with Gasteiger partial charge in [-0.25, -0.2) is 9.59 Å². The minimum Gasteiger partial charge on any atom is -0.480 e. The van der Waals surface area contributed by atoms with Gasteiger partial charge in [0.15, 0.2) is 0 Å². The van der Waals surface area contributed by atoms with Crippen LogP contribution in [0.1, 0.15) is 55.6 Å². The molecule has 2 aromatic carbocycles. The Hall–Kier alpha value is -3.35. The van der Waals surface area contributed by atoms with Crippen LogP contribution in [-0.2, 0) is 14.3 Å². The topological polar surface area (TPSA) is 105 Å². The summed E-state index contributed by atoms with van der Waals surface area (Å²) in [4.78, 5) is 37.2. The highest BCUT2D eigenvalue weighted by Crippen LogP contribution is 2.44. The van der Waals surface area contributed by atoms with Gasteiger partial charge in [-0.1, -0.05) is 61.4 Å². The fourth-order valence-electron chi connectivity index (χ4n) is 5.07. The van der Waals surface area contributed by atoms with Crippen molar-refractivity contribution < 1.29 is 24.2 Å². The van der Waals surface area contributed by atoms with Crippen molar-refractivity contribution >= 4 is 18.0 Å². The van der Waals surface area contributed by atoms with Crippen molar-refractivity contribution in [3.8, 4) is 11.1 Å². The quantitative estimate of drug-likeness (QED) is 0.645. The lowest BCUT2D eigenvalue weighted by molar-refractivity contribution is -0.147. The molecule has 3 N–H and O–H groups in total. The molecule has 2 amide bonds. The predicted molar refractivity (Wildman–Crippen MR) is 117 cm³/mol. The Balaban J connectivity index is 1.24. The van der Waals surface area contributed by atoms with Crippen molar-refractivity contribution in [1.29, 1.82) is 0 Å². The van der Waals surface area contributed by atoms with Gasteiger partial charge in [-0.3, -0.25) is 4.79 Å². The van der Waals surface area contributed by atoms with E-state index < -0.39 is 29.0 Å². The first-order valence-corrected chi connectivity index (χ1v) is 11.1. The number of benzene rings is 2. The molecular formula is C25H26N2O5. The summed E-state index contributed by atoms with van der Waals surface area (Å²) in [6, 6.07) is 16.2. The number of hydrogen-bond acceptors (Lipinski definition) is 4. The standard InChI is InChI=1S/C25H26N2O5/c28-21(26-25(22(29)30)11-5-6-12-25)24(13-14-24)27-23(31)32-15-20-18-9-3-1-7-16(18)17-8-2-4-10-19(17)20/h1-4,7-10,20H,5-6,11-15H2,(H,26,28)(H,27,31)(H,29,30). The zero-order chi connectivity index (χ0) is 22.3. The second kappa shape index (κ2) is 7.65. The third-order valence-corrected chi connectivity index (χ3v) is 7.09. The molecule has 2 fully saturated rings. The van der Waals surface area contributed by atoms with Crippen LogP contribution in [0.5, 0.6) is 0 Å². The smallest absolute Gasteiger partial charge is 0.408 e. The van der Waals surface area contributed by atoms with Crippen LogP contribution in [0.15, 0.2) is 48.5 Å². The lowest BCUT2D eigenvalue weighted by atomic mass is 9.97. The second-order valence-electron chi connectivity index (χ2n) is 9.08. The molecule has 0 atom stereocenters. The Bertz CT molecular complexity index is 1040. The lowest BCUT2D eigenvalue weighted by Crippen LogP contribution is -2.59. The number of carboxylic acid groups (broad SMARTS) is 1. The van der Waals surface area contributed by atoms with Crippen LogP contribution < -0.4 is 10.6 Å². The van der Waals surface area contributed by atoms with Gasteiger partial charge in [0.1, 0.15) is 17.7 Å². The number of carbonyl (C=O) groups is 3. The minimum atomic E-state index is -1.23. The van der Waals surface area contributed by atoms with Gasteiger partial charge in [0.25, 0.3) is 0 Å². The van der Waals surface area contributed by atoms with E-state index >= 15 is 0 Å². The maximum atomic E-state index is 12.9. The molecule has 5 rings (SSSR count). The van der Waals surface area contributed by atoms with Gasteiger partial charge >= 0.3 is 12.1 Å². The number of carbonyl (C=O) groups excluding carboxylic acids is 2. The first-order valence-electron chi connectivity index (χ1n) is 11.1. The van der Waals surface area contributed by atoms with E-state index in [1.165, 1.54) is 0 Å². The number of carboxylic acids is 1. The predicted octanol–water partition coefficient (Wildman–Crippen LogP) is 3.57. The van der Waals surface area contributed by atoms with Crippen LogP contribution >= 0.6 is 0 Å². The van der Waals surface area contributed by atoms with Crippen molar-refractivity contribution in [1.82, 2.24) is 10.6 Å². The number of aliphatic carboxylic acids is 1. The zero-order valence-electron chi connectivity index (χ0n) is 17.7. The van der Waals surface area contributed by atoms with E-state index in [2.05, 4.69) is 22.8 Å². The molecular weight excluding hydrogens is 408 g/mol. The summed E-state index contributed by atoms with van der Waals surface area (Å²) in [5, 5.41) is 15.0. The monoisotopic (exact) mass is 434 g/mol. The Kier molecular flexibility index (Phi) is 4.92. The van der Waals surface area contributed by atoms with Gasteiger partial charge in [0, 0.05) is 5.92 Å². The summed E-state index contributed by atoms with van der Waals surface area (Å²) in [6.45, 7) is 0.163. The summed E-state index contributed by atoms with van der Waals surface area (Å²) in [5.41, 5.74) is 2.22. The molecule has 0 aliphatic heterocycles. The lowest BCUT2D eigenvalue weighted by Gasteiger charge is -2.28. The van der Waals surface area contributed by atoms with Crippen LogP contribution in [0.4, 0.5) is 4.79 Å². The molecule has 0 saturated heterocycles. The van der Waals surface area contributed by atoms with Gasteiger partial charge in [-0.05, 0) is 47.9 Å². The van der Waals surface area contributed by atoms with E-state index in [4.69, 9.17) is 4.74 Å². The van der Waals surface area contributed by atoms with E-state index in [0.717, 1.165) is 35.1 Å². The number of hydrogen-bond donors (Lipinski definition) is 3. The summed E-state index contributed by atoms with van der Waals surface area (Å²) in [6.07, 6.45) is 2.63. The van der Waals surface area contributed by atoms with E-state index in [-0.39, 0.29) is 12.5 Å². The van der Waals surface area contributed by atoms with Crippen molar-refractivity contribution in [2.75, 3.05) is 6.61 Å². The number of fused-ring (bicyclic) bond motifs is 3. The fraction of sp³-hybridized carbons (Fsp3) is 0.400. The Morgan fingerprint density at radius 3 is 1.94 bits per heavy atom. The van der Waals surface area contributed by atoms with Crippen molar-refractivity contribution in [3.05, 3.63) is 59.7 Å². The van der Waals surface area contributed by atoms with Crippen LogP contribution in [0, 0.1) is 0 Å². The maximum Gasteiger partial charge on any atom is 0.408 e. The average molecular weight is 434 g/mol. The van der Waals surface area contributed by atoms with Crippen LogP contribution in [0.25, 0.3) is 11.1 Å². The molecule has 7 heteroatoms. The molecule has 0 unspecified atom stereocenters. The summed E-state index contributed by atoms with van der Waals surface area (Å²) in [7, 11) is 0. The first-order chi connectivity index (χ1) is 15.4. The summed E-state index contributed by atoms with van der Waals surface area (Å²) in [5.74, 6) is -1.51. The first kappa shape index (κ1) is 20.5. The molecule has 32 heavy (non-hydrogen) atoms. The molecule has 0 spiro atoms. The Morgan fingerprint density at radius 2 is 1.41 bits per heavy atom. The highest BCUT2D eigenvalue weighted by molar-refractivity contribution is 5.96. The van der Waals surface area contributed by atoms with Crippen LogP contribution in [-0.4, -0.2) is 40.8 Å². The van der Waals surface area contributed by atoms with E-state index in [1.807, 2.05) is 36.4 Å². The molecule has 0 radical (unpaired) electrons. The SMILES string of the molecule is O=C(NC1(C(=O)NC2(C(=O)O)CCCC2)CC1)OCC1c2ccccc2-c2ccccc21. The number of nitrogens with one attached hydrogen (secondary N) is 2. The summed E-state index contributed by atoms with van der Waals surface area (Å²) < 4.78 is 5.56. The van der Waals surface area contributed by atoms with E-state index in [9.17, 15) is 19.5 Å². The molecule has 166 valence electrons. The van der Waals surface area contributed by atoms with Crippen LogP contribution in [0.3, 0.4) is 0 Å². The molecule has 2 saturated carbocycles. The third-order valence-electron chi connectivity index (χ3n) is 7.09. The van der Waals surface area contributed by atoms with Gasteiger partial charge in [0.2, 0.25) is 5.91 Å². The molecule has 0 aromatic heterocycles. The molecule has 2 aromatic rings. The normalized spacial score (nSPS) is 19.5. The van der Waals surface area contributed by atoms with Gasteiger partial charge in [0.05, 0.1) is 0 Å². The van der Waals surface area contributed by atoms with Crippen molar-refractivity contribution in [3.63, 3.8) is 0 Å². The molecule has 0 heterocycles.